The van der Waals surface area contributed by atoms with Crippen LogP contribution in [0.2, 0.25) is 0 Å². The molecule has 1 N–H and O–H groups in total. The number of ether oxygens (including phenoxy) is 1. The van der Waals surface area contributed by atoms with Crippen molar-refractivity contribution in [3.05, 3.63) is 53.6 Å². The van der Waals surface area contributed by atoms with Crippen molar-refractivity contribution >= 4 is 29.0 Å². The van der Waals surface area contributed by atoms with E-state index in [1.54, 1.807) is 31.4 Å². The largest absolute Gasteiger partial charge is 0.497 e. The molecule has 2 amide bonds. The standard InChI is InChI=1S/C18H16N2O4/c1-11(21)19-13-5-8-16-15(9-13)17(22)18(23)20(16)10-12-3-6-14(24-2)7-4-12/h3-9H,10H2,1-2H3,(H,19,21). The molecule has 0 saturated heterocycles. The van der Waals surface area contributed by atoms with Gasteiger partial charge >= 0.3 is 0 Å². The van der Waals surface area contributed by atoms with Crippen LogP contribution in [0.3, 0.4) is 0 Å². The Morgan fingerprint density at radius 2 is 1.83 bits per heavy atom. The summed E-state index contributed by atoms with van der Waals surface area (Å²) in [6.07, 6.45) is 0. The van der Waals surface area contributed by atoms with Gasteiger partial charge in [0.2, 0.25) is 5.91 Å². The van der Waals surface area contributed by atoms with E-state index in [0.29, 0.717) is 23.5 Å². The smallest absolute Gasteiger partial charge is 0.299 e. The molecule has 2 aromatic rings. The van der Waals surface area contributed by atoms with Crippen molar-refractivity contribution < 1.29 is 19.1 Å². The van der Waals surface area contributed by atoms with Gasteiger partial charge in [-0.25, -0.2) is 0 Å². The lowest BCUT2D eigenvalue weighted by atomic mass is 10.1. The summed E-state index contributed by atoms with van der Waals surface area (Å²) in [6.45, 7) is 1.68. The van der Waals surface area contributed by atoms with Gasteiger partial charge in [-0.05, 0) is 35.9 Å². The molecule has 0 atom stereocenters. The predicted octanol–water partition coefficient (Wildman–Crippen LogP) is 2.38. The molecule has 1 heterocycles. The monoisotopic (exact) mass is 324 g/mol. The zero-order valence-electron chi connectivity index (χ0n) is 13.3. The molecule has 122 valence electrons. The number of fused-ring (bicyclic) bond motifs is 1. The molecule has 0 aliphatic carbocycles. The minimum atomic E-state index is -0.569. The summed E-state index contributed by atoms with van der Waals surface area (Å²) in [6, 6.07) is 12.2. The van der Waals surface area contributed by atoms with Crippen LogP contribution in [0.1, 0.15) is 22.8 Å². The number of Topliss-reactive ketones (excluding diaryl/α,β-unsaturated/α-hetero) is 1. The summed E-state index contributed by atoms with van der Waals surface area (Å²) in [4.78, 5) is 37.1. The van der Waals surface area contributed by atoms with Crippen molar-refractivity contribution in [2.75, 3.05) is 17.3 Å². The van der Waals surface area contributed by atoms with E-state index in [9.17, 15) is 14.4 Å². The number of carbonyl (C=O) groups is 3. The Morgan fingerprint density at radius 1 is 1.12 bits per heavy atom. The molecule has 2 aromatic carbocycles. The second-order valence-corrected chi connectivity index (χ2v) is 5.48. The van der Waals surface area contributed by atoms with Gasteiger partial charge in [0.05, 0.1) is 24.9 Å². The summed E-state index contributed by atoms with van der Waals surface area (Å²) in [5.41, 5.74) is 2.24. The fourth-order valence-corrected chi connectivity index (χ4v) is 2.65. The number of amides is 2. The van der Waals surface area contributed by atoms with Crippen LogP contribution in [0.25, 0.3) is 0 Å². The molecule has 0 fully saturated rings. The van der Waals surface area contributed by atoms with Gasteiger partial charge in [0.25, 0.3) is 11.7 Å². The zero-order valence-corrected chi connectivity index (χ0v) is 13.3. The molecule has 24 heavy (non-hydrogen) atoms. The van der Waals surface area contributed by atoms with E-state index in [1.807, 2.05) is 12.1 Å². The van der Waals surface area contributed by atoms with Crippen LogP contribution in [0.4, 0.5) is 11.4 Å². The highest BCUT2D eigenvalue weighted by Crippen LogP contribution is 2.32. The van der Waals surface area contributed by atoms with Gasteiger partial charge in [0, 0.05) is 12.6 Å². The molecule has 0 radical (unpaired) electrons. The Balaban J connectivity index is 1.89. The molecule has 1 aliphatic heterocycles. The fraction of sp³-hybridized carbons (Fsp3) is 0.167. The van der Waals surface area contributed by atoms with E-state index in [0.717, 1.165) is 11.3 Å². The normalized spacial score (nSPS) is 13.0. The Kier molecular flexibility index (Phi) is 4.04. The highest BCUT2D eigenvalue weighted by Gasteiger charge is 2.35. The van der Waals surface area contributed by atoms with Crippen LogP contribution in [0, 0.1) is 0 Å². The molecule has 0 spiro atoms. The van der Waals surface area contributed by atoms with Crippen LogP contribution < -0.4 is 15.0 Å². The lowest BCUT2D eigenvalue weighted by Crippen LogP contribution is -2.29. The number of anilines is 2. The number of rotatable bonds is 4. The Hall–Kier alpha value is -3.15. The SMILES string of the molecule is COc1ccc(CN2C(=O)C(=O)c3cc(NC(C)=O)ccc32)cc1. The highest BCUT2D eigenvalue weighted by molar-refractivity contribution is 6.52. The topological polar surface area (TPSA) is 75.7 Å². The molecule has 0 saturated carbocycles. The lowest BCUT2D eigenvalue weighted by molar-refractivity contribution is -0.115. The Morgan fingerprint density at radius 3 is 2.46 bits per heavy atom. The van der Waals surface area contributed by atoms with Gasteiger partial charge in [-0.15, -0.1) is 0 Å². The molecule has 6 heteroatoms. The molecule has 0 aromatic heterocycles. The highest BCUT2D eigenvalue weighted by atomic mass is 16.5. The number of benzene rings is 2. The van der Waals surface area contributed by atoms with Gasteiger partial charge in [0.15, 0.2) is 0 Å². The third kappa shape index (κ3) is 2.86. The maximum absolute atomic E-state index is 12.3. The van der Waals surface area contributed by atoms with Gasteiger partial charge in [0.1, 0.15) is 5.75 Å². The van der Waals surface area contributed by atoms with Crippen LogP contribution in [0.15, 0.2) is 42.5 Å². The Bertz CT molecular complexity index is 827. The van der Waals surface area contributed by atoms with E-state index in [1.165, 1.54) is 17.9 Å². The first-order valence-electron chi connectivity index (χ1n) is 7.40. The fourth-order valence-electron chi connectivity index (χ4n) is 2.65. The summed E-state index contributed by atoms with van der Waals surface area (Å²) in [5, 5.41) is 2.61. The van der Waals surface area contributed by atoms with E-state index < -0.39 is 11.7 Å². The lowest BCUT2D eigenvalue weighted by Gasteiger charge is -2.17. The number of hydrogen-bond donors (Lipinski definition) is 1. The number of methoxy groups -OCH3 is 1. The van der Waals surface area contributed by atoms with E-state index in [2.05, 4.69) is 5.32 Å². The van der Waals surface area contributed by atoms with Gasteiger partial charge < -0.3 is 15.0 Å². The van der Waals surface area contributed by atoms with Gasteiger partial charge in [-0.1, -0.05) is 12.1 Å². The van der Waals surface area contributed by atoms with Gasteiger partial charge in [-0.2, -0.15) is 0 Å². The third-order valence-corrected chi connectivity index (χ3v) is 3.79. The van der Waals surface area contributed by atoms with E-state index in [-0.39, 0.29) is 5.91 Å². The van der Waals surface area contributed by atoms with Crippen LogP contribution >= 0.6 is 0 Å². The first-order valence-corrected chi connectivity index (χ1v) is 7.40. The number of hydrogen-bond acceptors (Lipinski definition) is 4. The maximum atomic E-state index is 12.3. The Labute approximate surface area is 139 Å². The second kappa shape index (κ2) is 6.16. The minimum absolute atomic E-state index is 0.234. The predicted molar refractivity (Wildman–Crippen MR) is 89.3 cm³/mol. The number of nitrogens with zero attached hydrogens (tertiary/aromatic N) is 1. The molecule has 3 rings (SSSR count). The van der Waals surface area contributed by atoms with Crippen molar-refractivity contribution in [3.8, 4) is 5.75 Å². The third-order valence-electron chi connectivity index (χ3n) is 3.79. The summed E-state index contributed by atoms with van der Waals surface area (Å²) < 4.78 is 5.11. The number of carbonyl (C=O) groups excluding carboxylic acids is 3. The van der Waals surface area contributed by atoms with Crippen LogP contribution in [-0.2, 0) is 16.1 Å². The molecular weight excluding hydrogens is 308 g/mol. The maximum Gasteiger partial charge on any atom is 0.299 e. The summed E-state index contributed by atoms with van der Waals surface area (Å²) in [7, 11) is 1.58. The first-order chi connectivity index (χ1) is 11.5. The minimum Gasteiger partial charge on any atom is -0.497 e. The zero-order chi connectivity index (χ0) is 17.3. The van der Waals surface area contributed by atoms with Crippen molar-refractivity contribution in [2.45, 2.75) is 13.5 Å². The van der Waals surface area contributed by atoms with Crippen molar-refractivity contribution in [1.29, 1.82) is 0 Å². The summed E-state index contributed by atoms with van der Waals surface area (Å²) in [5.74, 6) is -0.642. The molecule has 0 unspecified atom stereocenters. The van der Waals surface area contributed by atoms with E-state index >= 15 is 0 Å². The van der Waals surface area contributed by atoms with Crippen molar-refractivity contribution in [1.82, 2.24) is 0 Å². The van der Waals surface area contributed by atoms with Crippen LogP contribution in [-0.4, -0.2) is 24.7 Å². The van der Waals surface area contributed by atoms with Crippen LogP contribution in [0.5, 0.6) is 5.75 Å². The number of nitrogens with one attached hydrogen (secondary N) is 1. The summed E-state index contributed by atoms with van der Waals surface area (Å²) >= 11 is 0. The first kappa shape index (κ1) is 15.7. The quantitative estimate of drug-likeness (QED) is 0.876. The molecular formula is C18H16N2O4. The second-order valence-electron chi connectivity index (χ2n) is 5.48. The van der Waals surface area contributed by atoms with Gasteiger partial charge in [-0.3, -0.25) is 14.4 Å². The van der Waals surface area contributed by atoms with E-state index in [4.69, 9.17) is 4.74 Å². The molecule has 1 aliphatic rings. The average molecular weight is 324 g/mol. The van der Waals surface area contributed by atoms with Crippen molar-refractivity contribution in [3.63, 3.8) is 0 Å². The number of ketones is 1. The molecule has 0 bridgehead atoms. The van der Waals surface area contributed by atoms with Crippen molar-refractivity contribution in [2.24, 2.45) is 0 Å². The molecule has 6 nitrogen and oxygen atoms in total. The average Bonchev–Trinajstić information content (AvgIpc) is 2.80.